The Morgan fingerprint density at radius 3 is 2.69 bits per heavy atom. The summed E-state index contributed by atoms with van der Waals surface area (Å²) in [6, 6.07) is 0. The summed E-state index contributed by atoms with van der Waals surface area (Å²) >= 11 is 0. The quantitative estimate of drug-likeness (QED) is 0.693. The molecule has 2 atom stereocenters. The summed E-state index contributed by atoms with van der Waals surface area (Å²) in [4.78, 5) is 12.9. The number of likely N-dealkylation sites (tertiary alicyclic amines) is 1. The van der Waals surface area contributed by atoms with Crippen LogP contribution in [0.5, 0.6) is 0 Å². The van der Waals surface area contributed by atoms with Crippen molar-refractivity contribution >= 4 is 5.91 Å². The molecule has 0 radical (unpaired) electrons. The Balaban J connectivity index is 2.52. The van der Waals surface area contributed by atoms with Gasteiger partial charge in [0.15, 0.2) is 0 Å². The lowest BCUT2D eigenvalue weighted by Crippen LogP contribution is -2.43. The van der Waals surface area contributed by atoms with Gasteiger partial charge in [-0.3, -0.25) is 4.79 Å². The summed E-state index contributed by atoms with van der Waals surface area (Å²) in [5.41, 5.74) is 0. The molecule has 1 rings (SSSR count). The highest BCUT2D eigenvalue weighted by Crippen LogP contribution is 2.25. The number of hydrogen-bond acceptors (Lipinski definition) is 2. The second-order valence-corrected chi connectivity index (χ2v) is 3.86. The lowest BCUT2D eigenvalue weighted by Gasteiger charge is -2.37. The Kier molecular flexibility index (Phi) is 3.72. The van der Waals surface area contributed by atoms with Crippen molar-refractivity contribution in [3.05, 3.63) is 0 Å². The number of hydrogen-bond donors (Lipinski definition) is 1. The van der Waals surface area contributed by atoms with E-state index in [1.807, 2.05) is 4.90 Å². The Hall–Kier alpha value is -0.570. The van der Waals surface area contributed by atoms with Crippen LogP contribution in [0.4, 0.5) is 0 Å². The summed E-state index contributed by atoms with van der Waals surface area (Å²) in [6.07, 6.45) is 2.15. The smallest absolute Gasteiger partial charge is 0.219 e. The van der Waals surface area contributed by atoms with Gasteiger partial charge in [-0.25, -0.2) is 0 Å². The molecule has 1 N–H and O–H groups in total. The number of rotatable bonds is 2. The topological polar surface area (TPSA) is 40.5 Å². The van der Waals surface area contributed by atoms with Gasteiger partial charge in [0, 0.05) is 32.5 Å². The number of aliphatic hydroxyl groups is 1. The van der Waals surface area contributed by atoms with Crippen molar-refractivity contribution in [1.82, 2.24) is 4.90 Å². The Morgan fingerprint density at radius 2 is 2.23 bits per heavy atom. The molecule has 13 heavy (non-hydrogen) atoms. The molecule has 2 unspecified atom stereocenters. The first-order valence-corrected chi connectivity index (χ1v) is 5.05. The molecule has 0 spiro atoms. The summed E-state index contributed by atoms with van der Waals surface area (Å²) in [6.45, 7) is 5.56. The van der Waals surface area contributed by atoms with Gasteiger partial charge in [0.2, 0.25) is 5.91 Å². The Morgan fingerprint density at radius 1 is 1.54 bits per heavy atom. The summed E-state index contributed by atoms with van der Waals surface area (Å²) in [5.74, 6) is 1.02. The molecule has 0 aromatic heterocycles. The number of amides is 1. The number of carbonyl (C=O) groups is 1. The van der Waals surface area contributed by atoms with Crippen molar-refractivity contribution < 1.29 is 9.90 Å². The maximum atomic E-state index is 11.1. The second kappa shape index (κ2) is 4.61. The maximum absolute atomic E-state index is 11.1. The van der Waals surface area contributed by atoms with Gasteiger partial charge in [0.05, 0.1) is 0 Å². The Labute approximate surface area is 79.7 Å². The van der Waals surface area contributed by atoms with E-state index in [0.717, 1.165) is 25.9 Å². The van der Waals surface area contributed by atoms with Crippen LogP contribution in [-0.2, 0) is 4.79 Å². The summed E-state index contributed by atoms with van der Waals surface area (Å²) in [5, 5.41) is 9.15. The van der Waals surface area contributed by atoms with Crippen LogP contribution in [0.3, 0.4) is 0 Å². The van der Waals surface area contributed by atoms with Crippen molar-refractivity contribution in [3.63, 3.8) is 0 Å². The van der Waals surface area contributed by atoms with Crippen LogP contribution in [0, 0.1) is 11.8 Å². The van der Waals surface area contributed by atoms with Gasteiger partial charge in [-0.15, -0.1) is 0 Å². The van der Waals surface area contributed by atoms with Gasteiger partial charge in [0.25, 0.3) is 0 Å². The van der Waals surface area contributed by atoms with E-state index in [9.17, 15) is 4.79 Å². The van der Waals surface area contributed by atoms with E-state index in [1.54, 1.807) is 6.92 Å². The standard InChI is InChI=1S/C10H19NO2/c1-3-9-4-5-11(8(2)13)6-10(9)7-12/h9-10,12H,3-7H2,1-2H3. The van der Waals surface area contributed by atoms with E-state index >= 15 is 0 Å². The minimum atomic E-state index is 0.132. The molecular weight excluding hydrogens is 166 g/mol. The number of nitrogens with zero attached hydrogens (tertiary/aromatic N) is 1. The van der Waals surface area contributed by atoms with Crippen LogP contribution in [0.25, 0.3) is 0 Å². The molecule has 76 valence electrons. The predicted octanol–water partition coefficient (Wildman–Crippen LogP) is 0.873. The fourth-order valence-electron chi connectivity index (χ4n) is 2.11. The van der Waals surface area contributed by atoms with Crippen LogP contribution in [0.2, 0.25) is 0 Å². The van der Waals surface area contributed by atoms with Crippen LogP contribution < -0.4 is 0 Å². The fraction of sp³-hybridized carbons (Fsp3) is 0.900. The van der Waals surface area contributed by atoms with Crippen molar-refractivity contribution in [2.75, 3.05) is 19.7 Å². The fourth-order valence-corrected chi connectivity index (χ4v) is 2.11. The zero-order valence-corrected chi connectivity index (χ0v) is 8.49. The zero-order valence-electron chi connectivity index (χ0n) is 8.49. The van der Waals surface area contributed by atoms with E-state index < -0.39 is 0 Å². The maximum Gasteiger partial charge on any atom is 0.219 e. The van der Waals surface area contributed by atoms with Gasteiger partial charge >= 0.3 is 0 Å². The third-order valence-corrected chi connectivity index (χ3v) is 3.10. The van der Waals surface area contributed by atoms with Gasteiger partial charge in [-0.05, 0) is 12.3 Å². The van der Waals surface area contributed by atoms with Crippen LogP contribution in [0.15, 0.2) is 0 Å². The lowest BCUT2D eigenvalue weighted by molar-refractivity contribution is -0.131. The predicted molar refractivity (Wildman–Crippen MR) is 51.2 cm³/mol. The van der Waals surface area contributed by atoms with Gasteiger partial charge in [-0.2, -0.15) is 0 Å². The van der Waals surface area contributed by atoms with E-state index in [0.29, 0.717) is 11.8 Å². The molecule has 1 aliphatic rings. The van der Waals surface area contributed by atoms with Gasteiger partial charge < -0.3 is 10.0 Å². The van der Waals surface area contributed by atoms with Crippen LogP contribution in [-0.4, -0.2) is 35.6 Å². The van der Waals surface area contributed by atoms with E-state index in [-0.39, 0.29) is 12.5 Å². The van der Waals surface area contributed by atoms with E-state index in [1.165, 1.54) is 0 Å². The molecule has 3 nitrogen and oxygen atoms in total. The number of aliphatic hydroxyl groups excluding tert-OH is 1. The number of carbonyl (C=O) groups excluding carboxylic acids is 1. The van der Waals surface area contributed by atoms with Crippen molar-refractivity contribution in [1.29, 1.82) is 0 Å². The van der Waals surface area contributed by atoms with E-state index in [4.69, 9.17) is 5.11 Å². The van der Waals surface area contributed by atoms with Crippen LogP contribution in [0.1, 0.15) is 26.7 Å². The highest BCUT2D eigenvalue weighted by molar-refractivity contribution is 5.73. The minimum Gasteiger partial charge on any atom is -0.396 e. The first-order chi connectivity index (χ1) is 6.19. The molecule has 1 saturated heterocycles. The number of piperidine rings is 1. The lowest BCUT2D eigenvalue weighted by atomic mass is 9.84. The monoisotopic (exact) mass is 185 g/mol. The first kappa shape index (κ1) is 10.5. The Bertz CT molecular complexity index is 182. The molecular formula is C10H19NO2. The molecule has 0 aromatic carbocycles. The third kappa shape index (κ3) is 2.44. The molecule has 0 aliphatic carbocycles. The van der Waals surface area contributed by atoms with E-state index in [2.05, 4.69) is 6.92 Å². The highest BCUT2D eigenvalue weighted by atomic mass is 16.3. The third-order valence-electron chi connectivity index (χ3n) is 3.10. The average molecular weight is 185 g/mol. The minimum absolute atomic E-state index is 0.132. The van der Waals surface area contributed by atoms with Crippen molar-refractivity contribution in [2.24, 2.45) is 11.8 Å². The molecule has 1 amide bonds. The van der Waals surface area contributed by atoms with Gasteiger partial charge in [0.1, 0.15) is 0 Å². The molecule has 1 aliphatic heterocycles. The van der Waals surface area contributed by atoms with Crippen LogP contribution >= 0.6 is 0 Å². The summed E-state index contributed by atoms with van der Waals surface area (Å²) in [7, 11) is 0. The zero-order chi connectivity index (χ0) is 9.84. The average Bonchev–Trinajstić information content (AvgIpc) is 2.16. The first-order valence-electron chi connectivity index (χ1n) is 5.05. The second-order valence-electron chi connectivity index (χ2n) is 3.86. The molecule has 0 saturated carbocycles. The normalized spacial score (nSPS) is 29.0. The molecule has 0 bridgehead atoms. The van der Waals surface area contributed by atoms with Gasteiger partial charge in [-0.1, -0.05) is 13.3 Å². The van der Waals surface area contributed by atoms with Crippen molar-refractivity contribution in [3.8, 4) is 0 Å². The molecule has 1 heterocycles. The molecule has 1 fully saturated rings. The molecule has 0 aromatic rings. The highest BCUT2D eigenvalue weighted by Gasteiger charge is 2.28. The van der Waals surface area contributed by atoms with Crippen molar-refractivity contribution in [2.45, 2.75) is 26.7 Å². The molecule has 3 heteroatoms. The summed E-state index contributed by atoms with van der Waals surface area (Å²) < 4.78 is 0. The largest absolute Gasteiger partial charge is 0.396 e. The SMILES string of the molecule is CCC1CCN(C(C)=O)CC1CO.